The Bertz CT molecular complexity index is 1570. The van der Waals surface area contributed by atoms with E-state index in [1.54, 1.807) is 19.1 Å². The second-order valence-electron chi connectivity index (χ2n) is 10.0. The summed E-state index contributed by atoms with van der Waals surface area (Å²) in [6, 6.07) is 12.4. The summed E-state index contributed by atoms with van der Waals surface area (Å²) in [6.07, 6.45) is 0.902. The van der Waals surface area contributed by atoms with Gasteiger partial charge in [-0.1, -0.05) is 43.1 Å². The van der Waals surface area contributed by atoms with E-state index in [0.29, 0.717) is 22.8 Å². The third-order valence-electron chi connectivity index (χ3n) is 7.08. The fraction of sp³-hybridized carbons (Fsp3) is 0.355. The van der Waals surface area contributed by atoms with Crippen molar-refractivity contribution >= 4 is 50.7 Å². The van der Waals surface area contributed by atoms with E-state index in [1.165, 1.54) is 55.5 Å². The largest absolute Gasteiger partial charge is 0.493 e. The van der Waals surface area contributed by atoms with Crippen molar-refractivity contribution in [1.29, 1.82) is 0 Å². The lowest BCUT2D eigenvalue weighted by molar-refractivity contribution is -0.140. The summed E-state index contributed by atoms with van der Waals surface area (Å²) in [5.41, 5.74) is 0.548. The molecule has 0 aliphatic heterocycles. The Morgan fingerprint density at radius 2 is 1.59 bits per heavy atom. The first kappa shape index (κ1) is 34.9. The van der Waals surface area contributed by atoms with Crippen LogP contribution in [0.2, 0.25) is 10.0 Å². The number of halogens is 3. The van der Waals surface area contributed by atoms with E-state index in [2.05, 4.69) is 5.32 Å². The number of hydrogen-bond acceptors (Lipinski definition) is 6. The zero-order valence-electron chi connectivity index (χ0n) is 25.1. The molecule has 0 bridgehead atoms. The van der Waals surface area contributed by atoms with Gasteiger partial charge in [0.2, 0.25) is 11.8 Å². The molecule has 13 heteroatoms. The van der Waals surface area contributed by atoms with Crippen LogP contribution < -0.4 is 19.1 Å². The average Bonchev–Trinajstić information content (AvgIpc) is 3.00. The predicted octanol–water partition coefficient (Wildman–Crippen LogP) is 6.07. The Morgan fingerprint density at radius 3 is 2.16 bits per heavy atom. The molecular weight excluding hydrogens is 632 g/mol. The number of hydrogen-bond donors (Lipinski definition) is 1. The second kappa shape index (κ2) is 15.5. The molecule has 9 nitrogen and oxygen atoms in total. The highest BCUT2D eigenvalue weighted by molar-refractivity contribution is 7.92. The van der Waals surface area contributed by atoms with Crippen LogP contribution in [0.1, 0.15) is 39.2 Å². The van der Waals surface area contributed by atoms with E-state index in [4.69, 9.17) is 32.7 Å². The molecule has 0 radical (unpaired) electrons. The van der Waals surface area contributed by atoms with Crippen LogP contribution in [0.3, 0.4) is 0 Å². The van der Waals surface area contributed by atoms with Crippen molar-refractivity contribution in [1.82, 2.24) is 10.2 Å². The molecule has 1 N–H and O–H groups in total. The first-order chi connectivity index (χ1) is 20.9. The smallest absolute Gasteiger partial charge is 0.264 e. The monoisotopic (exact) mass is 667 g/mol. The summed E-state index contributed by atoms with van der Waals surface area (Å²) in [7, 11) is -1.65. The normalized spacial score (nSPS) is 12.6. The second-order valence-corrected chi connectivity index (χ2v) is 12.7. The van der Waals surface area contributed by atoms with Crippen molar-refractivity contribution in [2.24, 2.45) is 0 Å². The van der Waals surface area contributed by atoms with E-state index >= 15 is 0 Å². The van der Waals surface area contributed by atoms with Crippen LogP contribution in [0.25, 0.3) is 0 Å². The minimum atomic E-state index is -4.43. The average molecular weight is 669 g/mol. The Balaban J connectivity index is 2.12. The highest BCUT2D eigenvalue weighted by atomic mass is 35.5. The van der Waals surface area contributed by atoms with Gasteiger partial charge in [0, 0.05) is 28.7 Å². The molecule has 0 aromatic heterocycles. The number of methoxy groups -OCH3 is 2. The number of sulfonamides is 1. The fourth-order valence-electron chi connectivity index (χ4n) is 4.43. The Hall–Kier alpha value is -3.54. The topological polar surface area (TPSA) is 105 Å². The predicted molar refractivity (Wildman–Crippen MR) is 169 cm³/mol. The number of amides is 2. The first-order valence-corrected chi connectivity index (χ1v) is 16.1. The number of nitrogens with one attached hydrogen (secondary N) is 1. The molecule has 3 aromatic carbocycles. The van der Waals surface area contributed by atoms with Crippen molar-refractivity contribution < 1.29 is 31.9 Å². The Morgan fingerprint density at radius 1 is 0.932 bits per heavy atom. The van der Waals surface area contributed by atoms with Gasteiger partial charge in [0.1, 0.15) is 18.4 Å². The highest BCUT2D eigenvalue weighted by Gasteiger charge is 2.34. The standard InChI is InChI=1S/C31H36Cl2FN3O6S/c1-6-20(3)35-31(39)27(7-2)36(18-21-8-9-22(32)16-26(21)33)30(38)19-37(24-12-10-23(34)11-13-24)44(40,41)25-14-15-28(42-4)29(17-25)43-5/h8-17,20,27H,6-7,18-19H2,1-5H3,(H,35,39). The summed E-state index contributed by atoms with van der Waals surface area (Å²) in [5, 5.41) is 3.58. The van der Waals surface area contributed by atoms with E-state index < -0.39 is 40.2 Å². The molecule has 0 saturated heterocycles. The van der Waals surface area contributed by atoms with Gasteiger partial charge >= 0.3 is 0 Å². The molecule has 44 heavy (non-hydrogen) atoms. The maximum absolute atomic E-state index is 14.2. The van der Waals surface area contributed by atoms with Gasteiger partial charge in [0.15, 0.2) is 11.5 Å². The van der Waals surface area contributed by atoms with Gasteiger partial charge in [-0.3, -0.25) is 13.9 Å². The summed E-state index contributed by atoms with van der Waals surface area (Å²) in [6.45, 7) is 4.71. The maximum Gasteiger partial charge on any atom is 0.264 e. The maximum atomic E-state index is 14.2. The molecule has 3 rings (SSSR count). The highest BCUT2D eigenvalue weighted by Crippen LogP contribution is 2.33. The summed E-state index contributed by atoms with van der Waals surface area (Å²) in [5.74, 6) is -1.20. The quantitative estimate of drug-likeness (QED) is 0.224. The van der Waals surface area contributed by atoms with E-state index in [1.807, 2.05) is 13.8 Å². The van der Waals surface area contributed by atoms with Crippen LogP contribution in [0.4, 0.5) is 10.1 Å². The Kier molecular flexibility index (Phi) is 12.3. The van der Waals surface area contributed by atoms with Gasteiger partial charge < -0.3 is 19.7 Å². The zero-order valence-corrected chi connectivity index (χ0v) is 27.5. The number of nitrogens with zero attached hydrogens (tertiary/aromatic N) is 2. The number of anilines is 1. The Labute approximate surface area is 267 Å². The number of benzene rings is 3. The third kappa shape index (κ3) is 8.34. The van der Waals surface area contributed by atoms with Crippen molar-refractivity contribution in [3.05, 3.63) is 82.1 Å². The summed E-state index contributed by atoms with van der Waals surface area (Å²) < 4.78 is 53.5. The van der Waals surface area contributed by atoms with Crippen LogP contribution in [-0.4, -0.2) is 58.0 Å². The molecule has 0 aliphatic rings. The van der Waals surface area contributed by atoms with Crippen molar-refractivity contribution in [2.45, 2.75) is 57.1 Å². The van der Waals surface area contributed by atoms with Gasteiger partial charge in [-0.05, 0) is 73.9 Å². The third-order valence-corrected chi connectivity index (χ3v) is 9.44. The fourth-order valence-corrected chi connectivity index (χ4v) is 6.33. The minimum Gasteiger partial charge on any atom is -0.493 e. The lowest BCUT2D eigenvalue weighted by Crippen LogP contribution is -2.53. The molecule has 0 saturated carbocycles. The molecule has 3 aromatic rings. The van der Waals surface area contributed by atoms with Gasteiger partial charge in [-0.2, -0.15) is 0 Å². The number of carbonyl (C=O) groups is 2. The zero-order chi connectivity index (χ0) is 32.6. The van der Waals surface area contributed by atoms with Crippen LogP contribution in [0.5, 0.6) is 11.5 Å². The molecule has 0 fully saturated rings. The van der Waals surface area contributed by atoms with Crippen LogP contribution in [0.15, 0.2) is 65.6 Å². The molecular formula is C31H36Cl2FN3O6S. The van der Waals surface area contributed by atoms with Crippen LogP contribution >= 0.6 is 23.2 Å². The summed E-state index contributed by atoms with van der Waals surface area (Å²) >= 11 is 12.5. The van der Waals surface area contributed by atoms with E-state index in [-0.39, 0.29) is 40.4 Å². The molecule has 2 amide bonds. The molecule has 2 unspecified atom stereocenters. The SMILES string of the molecule is CCC(C)NC(=O)C(CC)N(Cc1ccc(Cl)cc1Cl)C(=O)CN(c1ccc(F)cc1)S(=O)(=O)c1ccc(OC)c(OC)c1. The number of rotatable bonds is 14. The van der Waals surface area contributed by atoms with E-state index in [9.17, 15) is 22.4 Å². The van der Waals surface area contributed by atoms with Crippen molar-refractivity contribution in [3.63, 3.8) is 0 Å². The van der Waals surface area contributed by atoms with Gasteiger partial charge in [0.05, 0.1) is 24.8 Å². The van der Waals surface area contributed by atoms with Crippen molar-refractivity contribution in [2.75, 3.05) is 25.1 Å². The first-order valence-electron chi connectivity index (χ1n) is 13.9. The van der Waals surface area contributed by atoms with Crippen LogP contribution in [-0.2, 0) is 26.2 Å². The minimum absolute atomic E-state index is 0.0381. The van der Waals surface area contributed by atoms with Gasteiger partial charge in [-0.15, -0.1) is 0 Å². The molecule has 0 heterocycles. The molecule has 0 spiro atoms. The molecule has 0 aliphatic carbocycles. The number of carbonyl (C=O) groups excluding carboxylic acids is 2. The van der Waals surface area contributed by atoms with Gasteiger partial charge in [-0.25, -0.2) is 12.8 Å². The van der Waals surface area contributed by atoms with Crippen LogP contribution in [0, 0.1) is 5.82 Å². The molecule has 2 atom stereocenters. The lowest BCUT2D eigenvalue weighted by Gasteiger charge is -2.34. The lowest BCUT2D eigenvalue weighted by atomic mass is 10.1. The summed E-state index contributed by atoms with van der Waals surface area (Å²) in [4.78, 5) is 28.7. The van der Waals surface area contributed by atoms with Crippen molar-refractivity contribution in [3.8, 4) is 11.5 Å². The van der Waals surface area contributed by atoms with E-state index in [0.717, 1.165) is 16.4 Å². The molecule has 238 valence electrons. The number of ether oxygens (including phenoxy) is 2. The van der Waals surface area contributed by atoms with Gasteiger partial charge in [0.25, 0.3) is 10.0 Å².